The molecule has 7 nitrogen and oxygen atoms in total. The summed E-state index contributed by atoms with van der Waals surface area (Å²) in [4.78, 5) is 34.7. The van der Waals surface area contributed by atoms with E-state index in [4.69, 9.17) is 28.3 Å². The van der Waals surface area contributed by atoms with E-state index in [0.29, 0.717) is 6.42 Å². The molecule has 0 radical (unpaired) electrons. The van der Waals surface area contributed by atoms with E-state index in [1.165, 1.54) is 18.2 Å². The number of halogens is 2. The molecule has 0 saturated carbocycles. The molecule has 1 unspecified atom stereocenters. The lowest BCUT2D eigenvalue weighted by molar-refractivity contribution is -0.140. The first-order chi connectivity index (χ1) is 12.1. The van der Waals surface area contributed by atoms with Crippen molar-refractivity contribution in [3.63, 3.8) is 0 Å². The second-order valence-corrected chi connectivity index (χ2v) is 7.07. The number of aliphatic carboxylic acids is 2. The maximum Gasteiger partial charge on any atom is 0.326 e. The van der Waals surface area contributed by atoms with E-state index in [0.717, 1.165) is 0 Å². The summed E-state index contributed by atoms with van der Waals surface area (Å²) in [7, 11) is 0. The van der Waals surface area contributed by atoms with Gasteiger partial charge >= 0.3 is 11.9 Å². The van der Waals surface area contributed by atoms with Crippen molar-refractivity contribution in [3.8, 4) is 0 Å². The van der Waals surface area contributed by atoms with Gasteiger partial charge in [0.05, 0.1) is 10.0 Å². The molecule has 0 aliphatic heterocycles. The molecule has 0 heterocycles. The number of carbonyl (C=O) groups is 3. The van der Waals surface area contributed by atoms with Crippen LogP contribution in [0.2, 0.25) is 10.0 Å². The SMILES string of the molecule is CC(C)C[C@H](NCCC(NC(=O)c1ccc(Cl)c(Cl)c1)C(=O)O)C(=O)O. The third-order valence-electron chi connectivity index (χ3n) is 3.61. The lowest BCUT2D eigenvalue weighted by atomic mass is 10.0. The Bertz CT molecular complexity index is 667. The van der Waals surface area contributed by atoms with Crippen LogP contribution in [0.25, 0.3) is 0 Å². The van der Waals surface area contributed by atoms with E-state index in [9.17, 15) is 19.5 Å². The highest BCUT2D eigenvalue weighted by molar-refractivity contribution is 6.42. The van der Waals surface area contributed by atoms with Crippen molar-refractivity contribution in [2.75, 3.05) is 6.54 Å². The maximum atomic E-state index is 12.2. The number of carboxylic acid groups (broad SMARTS) is 2. The van der Waals surface area contributed by atoms with Crippen LogP contribution in [0.3, 0.4) is 0 Å². The Kier molecular flexibility index (Phi) is 8.84. The highest BCUT2D eigenvalue weighted by atomic mass is 35.5. The van der Waals surface area contributed by atoms with Crippen molar-refractivity contribution in [3.05, 3.63) is 33.8 Å². The molecule has 0 aliphatic rings. The van der Waals surface area contributed by atoms with Crippen molar-refractivity contribution in [2.24, 2.45) is 5.92 Å². The molecule has 0 aromatic heterocycles. The average molecular weight is 405 g/mol. The summed E-state index contributed by atoms with van der Waals surface area (Å²) in [6.07, 6.45) is 0.451. The third kappa shape index (κ3) is 7.19. The van der Waals surface area contributed by atoms with E-state index < -0.39 is 29.9 Å². The van der Waals surface area contributed by atoms with Gasteiger partial charge in [0.2, 0.25) is 0 Å². The van der Waals surface area contributed by atoms with E-state index in [2.05, 4.69) is 10.6 Å². The molecular formula is C17H22Cl2N2O5. The first kappa shape index (κ1) is 22.2. The molecule has 4 N–H and O–H groups in total. The van der Waals surface area contributed by atoms with Crippen molar-refractivity contribution < 1.29 is 24.6 Å². The van der Waals surface area contributed by atoms with Crippen LogP contribution in [0.4, 0.5) is 0 Å². The lowest BCUT2D eigenvalue weighted by Crippen LogP contribution is -2.45. The molecule has 1 aromatic rings. The normalized spacial score (nSPS) is 13.3. The summed E-state index contributed by atoms with van der Waals surface area (Å²) in [5.74, 6) is -2.64. The first-order valence-corrected chi connectivity index (χ1v) is 8.82. The minimum atomic E-state index is -1.21. The molecule has 0 spiro atoms. The van der Waals surface area contributed by atoms with Crippen molar-refractivity contribution in [2.45, 2.75) is 38.8 Å². The van der Waals surface area contributed by atoms with Gasteiger partial charge in [-0.2, -0.15) is 0 Å². The van der Waals surface area contributed by atoms with Gasteiger partial charge in [-0.05, 0) is 43.5 Å². The highest BCUT2D eigenvalue weighted by Crippen LogP contribution is 2.22. The molecule has 1 aromatic carbocycles. The van der Waals surface area contributed by atoms with Gasteiger partial charge in [0.25, 0.3) is 5.91 Å². The van der Waals surface area contributed by atoms with Crippen molar-refractivity contribution in [1.82, 2.24) is 10.6 Å². The fourth-order valence-electron chi connectivity index (χ4n) is 2.28. The number of carbonyl (C=O) groups excluding carboxylic acids is 1. The van der Waals surface area contributed by atoms with E-state index in [1.807, 2.05) is 13.8 Å². The standard InChI is InChI=1S/C17H22Cl2N2O5/c1-9(2)7-14(17(25)26)20-6-5-13(16(23)24)21-15(22)10-3-4-11(18)12(19)8-10/h3-4,8-9,13-14,20H,5-7H2,1-2H3,(H,21,22)(H,23,24)(H,25,26)/t13?,14-/m0/s1. The zero-order chi connectivity index (χ0) is 19.9. The Labute approximate surface area is 161 Å². The average Bonchev–Trinajstić information content (AvgIpc) is 2.54. The number of rotatable bonds is 10. The third-order valence-corrected chi connectivity index (χ3v) is 4.35. The van der Waals surface area contributed by atoms with Crippen molar-refractivity contribution >= 4 is 41.0 Å². The topological polar surface area (TPSA) is 116 Å². The summed E-state index contributed by atoms with van der Waals surface area (Å²) in [5, 5.41) is 24.1. The fraction of sp³-hybridized carbons (Fsp3) is 0.471. The van der Waals surface area contributed by atoms with Crippen LogP contribution in [-0.2, 0) is 9.59 Å². The number of amides is 1. The van der Waals surface area contributed by atoms with Crippen LogP contribution in [0.15, 0.2) is 18.2 Å². The molecule has 1 rings (SSSR count). The van der Waals surface area contributed by atoms with Gasteiger partial charge in [0, 0.05) is 5.56 Å². The van der Waals surface area contributed by atoms with Crippen LogP contribution in [-0.4, -0.2) is 46.7 Å². The number of benzene rings is 1. The molecule has 26 heavy (non-hydrogen) atoms. The number of nitrogens with one attached hydrogen (secondary N) is 2. The molecule has 0 aliphatic carbocycles. The van der Waals surface area contributed by atoms with Gasteiger partial charge in [0.1, 0.15) is 12.1 Å². The zero-order valence-corrected chi connectivity index (χ0v) is 16.0. The fourth-order valence-corrected chi connectivity index (χ4v) is 2.58. The van der Waals surface area contributed by atoms with E-state index >= 15 is 0 Å². The van der Waals surface area contributed by atoms with Crippen LogP contribution in [0.1, 0.15) is 37.0 Å². The molecule has 0 fully saturated rings. The Morgan fingerprint density at radius 2 is 1.65 bits per heavy atom. The van der Waals surface area contributed by atoms with Crippen molar-refractivity contribution in [1.29, 1.82) is 0 Å². The summed E-state index contributed by atoms with van der Waals surface area (Å²) < 4.78 is 0. The zero-order valence-electron chi connectivity index (χ0n) is 14.5. The molecule has 9 heteroatoms. The minimum absolute atomic E-state index is 0.0320. The summed E-state index contributed by atoms with van der Waals surface area (Å²) in [5.41, 5.74) is 0.182. The molecule has 0 saturated heterocycles. The Morgan fingerprint density at radius 3 is 2.15 bits per heavy atom. The molecular weight excluding hydrogens is 383 g/mol. The van der Waals surface area contributed by atoms with Gasteiger partial charge in [-0.1, -0.05) is 37.0 Å². The molecule has 1 amide bonds. The summed E-state index contributed by atoms with van der Waals surface area (Å²) >= 11 is 11.6. The Hall–Kier alpha value is -1.83. The number of hydrogen-bond acceptors (Lipinski definition) is 4. The number of hydrogen-bond donors (Lipinski definition) is 4. The molecule has 144 valence electrons. The summed E-state index contributed by atoms with van der Waals surface area (Å²) in [6, 6.07) is 2.29. The maximum absolute atomic E-state index is 12.2. The van der Waals surface area contributed by atoms with Gasteiger partial charge in [0.15, 0.2) is 0 Å². The molecule has 2 atom stereocenters. The minimum Gasteiger partial charge on any atom is -0.480 e. The quantitative estimate of drug-likeness (QED) is 0.476. The van der Waals surface area contributed by atoms with E-state index in [1.54, 1.807) is 0 Å². The second-order valence-electron chi connectivity index (χ2n) is 6.26. The van der Waals surface area contributed by atoms with Gasteiger partial charge in [-0.25, -0.2) is 4.79 Å². The van der Waals surface area contributed by atoms with Gasteiger partial charge in [-0.3, -0.25) is 9.59 Å². The van der Waals surface area contributed by atoms with Crippen LogP contribution >= 0.6 is 23.2 Å². The summed E-state index contributed by atoms with van der Waals surface area (Å²) in [6.45, 7) is 3.92. The predicted molar refractivity (Wildman–Crippen MR) is 98.9 cm³/mol. The van der Waals surface area contributed by atoms with Gasteiger partial charge < -0.3 is 20.8 Å². The second kappa shape index (κ2) is 10.4. The van der Waals surface area contributed by atoms with Crippen LogP contribution in [0, 0.1) is 5.92 Å². The van der Waals surface area contributed by atoms with Crippen LogP contribution < -0.4 is 10.6 Å². The largest absolute Gasteiger partial charge is 0.480 e. The van der Waals surface area contributed by atoms with Crippen LogP contribution in [0.5, 0.6) is 0 Å². The van der Waals surface area contributed by atoms with Gasteiger partial charge in [-0.15, -0.1) is 0 Å². The predicted octanol–water partition coefficient (Wildman–Crippen LogP) is 2.66. The monoisotopic (exact) mass is 404 g/mol. The van der Waals surface area contributed by atoms with E-state index in [-0.39, 0.29) is 34.5 Å². The smallest absolute Gasteiger partial charge is 0.326 e. The highest BCUT2D eigenvalue weighted by Gasteiger charge is 2.23. The lowest BCUT2D eigenvalue weighted by Gasteiger charge is -2.19. The Morgan fingerprint density at radius 1 is 1.04 bits per heavy atom. The Balaban J connectivity index is 2.65. The molecule has 0 bridgehead atoms. The first-order valence-electron chi connectivity index (χ1n) is 8.06. The number of carboxylic acids is 2.